The Morgan fingerprint density at radius 2 is 1.95 bits per heavy atom. The standard InChI is InChI=1S/C13H20N4O3S/c14-13-10(4-3-5-11(13)21(15,19)20)16-7-6-12(18)17-8-1-2-9-17/h3-5,16H,1-2,6-9,14H2,(H2,15,19,20). The van der Waals surface area contributed by atoms with Crippen LogP contribution in [0.5, 0.6) is 0 Å². The highest BCUT2D eigenvalue weighted by molar-refractivity contribution is 7.89. The maximum Gasteiger partial charge on any atom is 0.240 e. The third-order valence-electron chi connectivity index (χ3n) is 3.49. The first kappa shape index (κ1) is 15.6. The minimum atomic E-state index is -3.85. The number of nitrogens with zero attached hydrogens (tertiary/aromatic N) is 1. The highest BCUT2D eigenvalue weighted by atomic mass is 32.2. The van der Waals surface area contributed by atoms with E-state index < -0.39 is 10.0 Å². The second kappa shape index (κ2) is 6.31. The molecule has 2 rings (SSSR count). The fraction of sp³-hybridized carbons (Fsp3) is 0.462. The van der Waals surface area contributed by atoms with Crippen LogP contribution in [-0.4, -0.2) is 38.9 Å². The number of carbonyl (C=O) groups excluding carboxylic acids is 1. The summed E-state index contributed by atoms with van der Waals surface area (Å²) in [6, 6.07) is 4.57. The number of hydrogen-bond acceptors (Lipinski definition) is 5. The summed E-state index contributed by atoms with van der Waals surface area (Å²) in [5.41, 5.74) is 6.34. The van der Waals surface area contributed by atoms with Crippen LogP contribution in [0.25, 0.3) is 0 Å². The van der Waals surface area contributed by atoms with Crippen molar-refractivity contribution in [3.05, 3.63) is 18.2 Å². The van der Waals surface area contributed by atoms with E-state index in [2.05, 4.69) is 5.32 Å². The quantitative estimate of drug-likeness (QED) is 0.677. The third kappa shape index (κ3) is 3.85. The number of nitrogen functional groups attached to an aromatic ring is 1. The number of amides is 1. The molecule has 1 saturated heterocycles. The molecule has 1 fully saturated rings. The molecule has 1 heterocycles. The summed E-state index contributed by atoms with van der Waals surface area (Å²) >= 11 is 0. The molecule has 0 atom stereocenters. The lowest BCUT2D eigenvalue weighted by molar-refractivity contribution is -0.129. The van der Waals surface area contributed by atoms with E-state index in [1.165, 1.54) is 6.07 Å². The highest BCUT2D eigenvalue weighted by Gasteiger charge is 2.18. The summed E-state index contributed by atoms with van der Waals surface area (Å²) in [5.74, 6) is 0.0983. The number of anilines is 2. The Hall–Kier alpha value is -1.80. The van der Waals surface area contributed by atoms with Gasteiger partial charge < -0.3 is 16.0 Å². The number of nitrogens with one attached hydrogen (secondary N) is 1. The molecule has 21 heavy (non-hydrogen) atoms. The summed E-state index contributed by atoms with van der Waals surface area (Å²) in [5, 5.41) is 8.08. The minimum Gasteiger partial charge on any atom is -0.396 e. The van der Waals surface area contributed by atoms with E-state index in [9.17, 15) is 13.2 Å². The van der Waals surface area contributed by atoms with Crippen LogP contribution >= 0.6 is 0 Å². The molecular weight excluding hydrogens is 292 g/mol. The van der Waals surface area contributed by atoms with Crippen LogP contribution in [0.15, 0.2) is 23.1 Å². The molecule has 1 aromatic rings. The molecule has 1 aliphatic rings. The first-order valence-corrected chi connectivity index (χ1v) is 8.37. The van der Waals surface area contributed by atoms with E-state index in [0.717, 1.165) is 25.9 Å². The van der Waals surface area contributed by atoms with Crippen molar-refractivity contribution >= 4 is 27.3 Å². The van der Waals surface area contributed by atoms with E-state index >= 15 is 0 Å². The molecule has 0 aliphatic carbocycles. The maximum absolute atomic E-state index is 11.9. The van der Waals surface area contributed by atoms with Gasteiger partial charge in [0.15, 0.2) is 0 Å². The molecule has 7 nitrogen and oxygen atoms in total. The Labute approximate surface area is 124 Å². The van der Waals surface area contributed by atoms with Gasteiger partial charge in [-0.05, 0) is 25.0 Å². The number of hydrogen-bond donors (Lipinski definition) is 3. The Bertz CT molecular complexity index is 624. The Kier molecular flexibility index (Phi) is 4.69. The first-order valence-electron chi connectivity index (χ1n) is 6.82. The molecule has 0 aromatic heterocycles. The van der Waals surface area contributed by atoms with Crippen molar-refractivity contribution in [2.45, 2.75) is 24.2 Å². The predicted octanol–water partition coefficient (Wildman–Crippen LogP) is 0.341. The van der Waals surface area contributed by atoms with Crippen molar-refractivity contribution in [2.24, 2.45) is 5.14 Å². The molecule has 0 unspecified atom stereocenters. The van der Waals surface area contributed by atoms with Crippen LogP contribution in [0.2, 0.25) is 0 Å². The zero-order chi connectivity index (χ0) is 15.5. The van der Waals surface area contributed by atoms with Crippen molar-refractivity contribution in [3.63, 3.8) is 0 Å². The van der Waals surface area contributed by atoms with Crippen molar-refractivity contribution in [1.82, 2.24) is 4.90 Å². The van der Waals surface area contributed by atoms with Crippen LogP contribution in [0, 0.1) is 0 Å². The molecule has 0 radical (unpaired) electrons. The van der Waals surface area contributed by atoms with Crippen molar-refractivity contribution < 1.29 is 13.2 Å². The van der Waals surface area contributed by atoms with Gasteiger partial charge in [-0.2, -0.15) is 0 Å². The molecular formula is C13H20N4O3S. The van der Waals surface area contributed by atoms with E-state index in [4.69, 9.17) is 10.9 Å². The fourth-order valence-electron chi connectivity index (χ4n) is 2.38. The third-order valence-corrected chi connectivity index (χ3v) is 4.45. The normalized spacial score (nSPS) is 15.2. The van der Waals surface area contributed by atoms with Crippen molar-refractivity contribution in [3.8, 4) is 0 Å². The topological polar surface area (TPSA) is 119 Å². The summed E-state index contributed by atoms with van der Waals surface area (Å²) in [4.78, 5) is 13.6. The van der Waals surface area contributed by atoms with Gasteiger partial charge >= 0.3 is 0 Å². The lowest BCUT2D eigenvalue weighted by Gasteiger charge is -2.16. The van der Waals surface area contributed by atoms with E-state index in [-0.39, 0.29) is 16.5 Å². The minimum absolute atomic E-state index is 0.0774. The zero-order valence-corrected chi connectivity index (χ0v) is 12.5. The average Bonchev–Trinajstić information content (AvgIpc) is 2.93. The molecule has 0 saturated carbocycles. The predicted molar refractivity (Wildman–Crippen MR) is 81.1 cm³/mol. The molecule has 1 aromatic carbocycles. The number of primary sulfonamides is 1. The number of nitrogens with two attached hydrogens (primary N) is 2. The Morgan fingerprint density at radius 1 is 1.29 bits per heavy atom. The van der Waals surface area contributed by atoms with Gasteiger partial charge in [0.2, 0.25) is 15.9 Å². The summed E-state index contributed by atoms with van der Waals surface area (Å²) in [7, 11) is -3.85. The van der Waals surface area contributed by atoms with Gasteiger partial charge in [-0.1, -0.05) is 6.07 Å². The van der Waals surface area contributed by atoms with Gasteiger partial charge in [0.05, 0.1) is 11.4 Å². The van der Waals surface area contributed by atoms with Gasteiger partial charge in [0, 0.05) is 26.1 Å². The molecule has 0 bridgehead atoms. The average molecular weight is 312 g/mol. The first-order chi connectivity index (χ1) is 9.89. The Morgan fingerprint density at radius 3 is 2.57 bits per heavy atom. The Balaban J connectivity index is 1.96. The number of benzene rings is 1. The molecule has 5 N–H and O–H groups in total. The van der Waals surface area contributed by atoms with Crippen molar-refractivity contribution in [1.29, 1.82) is 0 Å². The van der Waals surface area contributed by atoms with Gasteiger partial charge in [-0.15, -0.1) is 0 Å². The monoisotopic (exact) mass is 312 g/mol. The van der Waals surface area contributed by atoms with Gasteiger partial charge in [-0.25, -0.2) is 13.6 Å². The van der Waals surface area contributed by atoms with Crippen LogP contribution in [-0.2, 0) is 14.8 Å². The van der Waals surface area contributed by atoms with Crippen LogP contribution in [0.4, 0.5) is 11.4 Å². The summed E-state index contributed by atoms with van der Waals surface area (Å²) in [6.07, 6.45) is 2.46. The number of likely N-dealkylation sites (tertiary alicyclic amines) is 1. The van der Waals surface area contributed by atoms with Crippen LogP contribution < -0.4 is 16.2 Å². The lowest BCUT2D eigenvalue weighted by atomic mass is 10.2. The maximum atomic E-state index is 11.9. The van der Waals surface area contributed by atoms with Crippen molar-refractivity contribution in [2.75, 3.05) is 30.7 Å². The van der Waals surface area contributed by atoms with Crippen LogP contribution in [0.3, 0.4) is 0 Å². The highest BCUT2D eigenvalue weighted by Crippen LogP contribution is 2.25. The second-order valence-electron chi connectivity index (χ2n) is 5.03. The zero-order valence-electron chi connectivity index (χ0n) is 11.7. The SMILES string of the molecule is Nc1c(NCCC(=O)N2CCCC2)cccc1S(N)(=O)=O. The summed E-state index contributed by atoms with van der Waals surface area (Å²) < 4.78 is 22.7. The number of carbonyl (C=O) groups is 1. The molecule has 1 aliphatic heterocycles. The number of rotatable bonds is 5. The van der Waals surface area contributed by atoms with Gasteiger partial charge in [0.25, 0.3) is 0 Å². The fourth-order valence-corrected chi connectivity index (χ4v) is 3.06. The molecule has 116 valence electrons. The van der Waals surface area contributed by atoms with E-state index in [0.29, 0.717) is 18.7 Å². The number of sulfonamides is 1. The summed E-state index contributed by atoms with van der Waals surface area (Å²) in [6.45, 7) is 2.04. The van der Waals surface area contributed by atoms with E-state index in [1.807, 2.05) is 4.90 Å². The van der Waals surface area contributed by atoms with Crippen LogP contribution in [0.1, 0.15) is 19.3 Å². The van der Waals surface area contributed by atoms with Gasteiger partial charge in [-0.3, -0.25) is 4.79 Å². The largest absolute Gasteiger partial charge is 0.396 e. The lowest BCUT2D eigenvalue weighted by Crippen LogP contribution is -2.29. The molecule has 0 spiro atoms. The van der Waals surface area contributed by atoms with E-state index in [1.54, 1.807) is 12.1 Å². The number of para-hydroxylation sites is 1. The molecule has 1 amide bonds. The smallest absolute Gasteiger partial charge is 0.240 e. The molecule has 8 heteroatoms. The van der Waals surface area contributed by atoms with Gasteiger partial charge in [0.1, 0.15) is 4.90 Å². The second-order valence-corrected chi connectivity index (χ2v) is 6.56.